The number of carbonyl (C=O) groups excluding carboxylic acids is 1. The molecule has 0 aliphatic carbocycles. The highest BCUT2D eigenvalue weighted by atomic mass is 16.3. The first-order valence-electron chi connectivity index (χ1n) is 8.54. The van der Waals surface area contributed by atoms with Gasteiger partial charge in [-0.2, -0.15) is 0 Å². The van der Waals surface area contributed by atoms with Crippen LogP contribution in [0.3, 0.4) is 0 Å². The Bertz CT molecular complexity index is 499. The van der Waals surface area contributed by atoms with Crippen LogP contribution in [0.2, 0.25) is 0 Å². The first-order valence-corrected chi connectivity index (χ1v) is 8.54. The zero-order chi connectivity index (χ0) is 16.7. The Labute approximate surface area is 139 Å². The van der Waals surface area contributed by atoms with E-state index < -0.39 is 6.10 Å². The summed E-state index contributed by atoms with van der Waals surface area (Å²) < 4.78 is 0. The summed E-state index contributed by atoms with van der Waals surface area (Å²) in [6, 6.07) is 7.45. The number of piperidine rings is 1. The number of likely N-dealkylation sites (tertiary alicyclic amines) is 1. The van der Waals surface area contributed by atoms with Gasteiger partial charge in [0, 0.05) is 19.6 Å². The zero-order valence-corrected chi connectivity index (χ0v) is 14.2. The molecule has 128 valence electrons. The molecule has 5 heteroatoms. The van der Waals surface area contributed by atoms with E-state index in [9.17, 15) is 9.90 Å². The van der Waals surface area contributed by atoms with Gasteiger partial charge in [0.05, 0.1) is 6.10 Å². The highest BCUT2D eigenvalue weighted by Gasteiger charge is 2.15. The molecule has 0 bridgehead atoms. The Hall–Kier alpha value is -1.59. The summed E-state index contributed by atoms with van der Waals surface area (Å²) in [6.45, 7) is 8.24. The van der Waals surface area contributed by atoms with Crippen LogP contribution < -0.4 is 10.6 Å². The molecular formula is C18H29N3O2. The number of aliphatic hydroxyl groups is 1. The quantitative estimate of drug-likeness (QED) is 0.752. The van der Waals surface area contributed by atoms with Crippen LogP contribution in [0, 0.1) is 12.8 Å². The lowest BCUT2D eigenvalue weighted by atomic mass is 9.99. The molecule has 2 amide bonds. The van der Waals surface area contributed by atoms with Crippen molar-refractivity contribution in [1.82, 2.24) is 15.5 Å². The first-order chi connectivity index (χ1) is 11.1. The molecule has 5 nitrogen and oxygen atoms in total. The minimum atomic E-state index is -0.675. The number of nitrogens with zero attached hydrogens (tertiary/aromatic N) is 1. The third-order valence-electron chi connectivity index (χ3n) is 4.59. The lowest BCUT2D eigenvalue weighted by Crippen LogP contribution is -2.43. The normalized spacial score (nSPS) is 17.7. The van der Waals surface area contributed by atoms with E-state index in [4.69, 9.17) is 0 Å². The molecule has 1 aromatic rings. The van der Waals surface area contributed by atoms with Gasteiger partial charge in [-0.15, -0.1) is 0 Å². The average Bonchev–Trinajstić information content (AvgIpc) is 2.55. The summed E-state index contributed by atoms with van der Waals surface area (Å²) in [5, 5.41) is 15.7. The molecule has 1 aliphatic heterocycles. The van der Waals surface area contributed by atoms with Crippen molar-refractivity contribution in [2.75, 3.05) is 32.7 Å². The van der Waals surface area contributed by atoms with Crippen LogP contribution >= 0.6 is 0 Å². The molecule has 0 saturated carbocycles. The van der Waals surface area contributed by atoms with E-state index in [-0.39, 0.29) is 12.6 Å². The maximum absolute atomic E-state index is 11.8. The van der Waals surface area contributed by atoms with Crippen molar-refractivity contribution in [1.29, 1.82) is 0 Å². The van der Waals surface area contributed by atoms with E-state index in [0.29, 0.717) is 6.54 Å². The largest absolute Gasteiger partial charge is 0.387 e. The molecule has 1 heterocycles. The molecule has 2 rings (SSSR count). The molecule has 0 spiro atoms. The number of benzene rings is 1. The van der Waals surface area contributed by atoms with Crippen molar-refractivity contribution in [2.24, 2.45) is 5.92 Å². The van der Waals surface area contributed by atoms with Crippen LogP contribution in [0.25, 0.3) is 0 Å². The van der Waals surface area contributed by atoms with Gasteiger partial charge >= 0.3 is 6.03 Å². The van der Waals surface area contributed by atoms with Crippen LogP contribution in [-0.4, -0.2) is 48.8 Å². The number of aryl methyl sites for hydroxylation is 1. The van der Waals surface area contributed by atoms with Crippen LogP contribution in [0.15, 0.2) is 24.3 Å². The molecule has 3 N–H and O–H groups in total. The third-order valence-corrected chi connectivity index (χ3v) is 4.59. The molecule has 1 fully saturated rings. The topological polar surface area (TPSA) is 64.6 Å². The van der Waals surface area contributed by atoms with Crippen LogP contribution in [0.5, 0.6) is 0 Å². The highest BCUT2D eigenvalue weighted by molar-refractivity contribution is 5.73. The fourth-order valence-electron chi connectivity index (χ4n) is 2.94. The number of hydrogen-bond donors (Lipinski definition) is 3. The minimum absolute atomic E-state index is 0.219. The fraction of sp³-hybridized carbons (Fsp3) is 0.611. The Kier molecular flexibility index (Phi) is 6.86. The van der Waals surface area contributed by atoms with Gasteiger partial charge in [0.15, 0.2) is 0 Å². The van der Waals surface area contributed by atoms with E-state index in [0.717, 1.165) is 36.7 Å². The predicted octanol–water partition coefficient (Wildman–Crippen LogP) is 2.06. The SMILES string of the molecule is Cc1ccccc1C(O)CNC(=O)NCCN1CCC(C)CC1. The van der Waals surface area contributed by atoms with Gasteiger partial charge in [-0.1, -0.05) is 31.2 Å². The molecule has 0 radical (unpaired) electrons. The summed E-state index contributed by atoms with van der Waals surface area (Å²) in [5.74, 6) is 0.824. The van der Waals surface area contributed by atoms with Crippen molar-refractivity contribution in [3.63, 3.8) is 0 Å². The number of aliphatic hydroxyl groups excluding tert-OH is 1. The summed E-state index contributed by atoms with van der Waals surface area (Å²) in [6.07, 6.45) is 1.81. The summed E-state index contributed by atoms with van der Waals surface area (Å²) in [5.41, 5.74) is 1.89. The standard InChI is InChI=1S/C18H29N3O2/c1-14-7-10-21(11-8-14)12-9-19-18(23)20-13-17(22)16-6-4-3-5-15(16)2/h3-6,14,17,22H,7-13H2,1-2H3,(H2,19,20,23). The lowest BCUT2D eigenvalue weighted by Gasteiger charge is -2.30. The Balaban J connectivity index is 1.62. The number of urea groups is 1. The number of rotatable bonds is 6. The van der Waals surface area contributed by atoms with E-state index in [1.54, 1.807) is 0 Å². The maximum Gasteiger partial charge on any atom is 0.314 e. The van der Waals surface area contributed by atoms with E-state index in [1.165, 1.54) is 12.8 Å². The van der Waals surface area contributed by atoms with Crippen molar-refractivity contribution in [2.45, 2.75) is 32.8 Å². The molecule has 1 unspecified atom stereocenters. The Morgan fingerprint density at radius 1 is 1.30 bits per heavy atom. The molecule has 1 saturated heterocycles. The molecule has 1 atom stereocenters. The predicted molar refractivity (Wildman–Crippen MR) is 92.4 cm³/mol. The van der Waals surface area contributed by atoms with Crippen LogP contribution in [-0.2, 0) is 0 Å². The van der Waals surface area contributed by atoms with Crippen molar-refractivity contribution >= 4 is 6.03 Å². The van der Waals surface area contributed by atoms with Crippen molar-refractivity contribution < 1.29 is 9.90 Å². The number of nitrogens with one attached hydrogen (secondary N) is 2. The van der Waals surface area contributed by atoms with Gasteiger partial charge in [0.25, 0.3) is 0 Å². The minimum Gasteiger partial charge on any atom is -0.387 e. The summed E-state index contributed by atoms with van der Waals surface area (Å²) in [7, 11) is 0. The van der Waals surface area contributed by atoms with Gasteiger partial charge in [0.1, 0.15) is 0 Å². The first kappa shape index (κ1) is 17.8. The lowest BCUT2D eigenvalue weighted by molar-refractivity contribution is 0.171. The summed E-state index contributed by atoms with van der Waals surface area (Å²) in [4.78, 5) is 14.2. The maximum atomic E-state index is 11.8. The molecule has 1 aliphatic rings. The van der Waals surface area contributed by atoms with Gasteiger partial charge in [-0.25, -0.2) is 4.79 Å². The van der Waals surface area contributed by atoms with Crippen molar-refractivity contribution in [3.05, 3.63) is 35.4 Å². The molecular weight excluding hydrogens is 290 g/mol. The van der Waals surface area contributed by atoms with Crippen LogP contribution in [0.4, 0.5) is 4.79 Å². The number of hydrogen-bond acceptors (Lipinski definition) is 3. The average molecular weight is 319 g/mol. The monoisotopic (exact) mass is 319 g/mol. The van der Waals surface area contributed by atoms with Crippen molar-refractivity contribution in [3.8, 4) is 0 Å². The fourth-order valence-corrected chi connectivity index (χ4v) is 2.94. The molecule has 0 aromatic heterocycles. The number of carbonyl (C=O) groups is 1. The van der Waals surface area contributed by atoms with Gasteiger partial charge in [-0.05, 0) is 49.9 Å². The second kappa shape index (κ2) is 8.89. The number of amides is 2. The second-order valence-electron chi connectivity index (χ2n) is 6.53. The summed E-state index contributed by atoms with van der Waals surface area (Å²) >= 11 is 0. The smallest absolute Gasteiger partial charge is 0.314 e. The highest BCUT2D eigenvalue weighted by Crippen LogP contribution is 2.16. The Morgan fingerprint density at radius 3 is 2.70 bits per heavy atom. The zero-order valence-electron chi connectivity index (χ0n) is 14.2. The van der Waals surface area contributed by atoms with E-state index >= 15 is 0 Å². The Morgan fingerprint density at radius 2 is 2.00 bits per heavy atom. The molecule has 1 aromatic carbocycles. The van der Waals surface area contributed by atoms with E-state index in [2.05, 4.69) is 22.5 Å². The van der Waals surface area contributed by atoms with Gasteiger partial charge < -0.3 is 20.6 Å². The second-order valence-corrected chi connectivity index (χ2v) is 6.53. The third kappa shape index (κ3) is 5.84. The van der Waals surface area contributed by atoms with Gasteiger partial charge in [0.2, 0.25) is 0 Å². The molecule has 23 heavy (non-hydrogen) atoms. The van der Waals surface area contributed by atoms with Crippen LogP contribution in [0.1, 0.15) is 37.0 Å². The van der Waals surface area contributed by atoms with Gasteiger partial charge in [-0.3, -0.25) is 0 Å². The van der Waals surface area contributed by atoms with E-state index in [1.807, 2.05) is 31.2 Å².